The average molecular weight is 270 g/mol. The molecular weight excluding hydrogens is 252 g/mol. The molecule has 104 valence electrons. The van der Waals surface area contributed by atoms with Crippen LogP contribution in [0.1, 0.15) is 5.56 Å². The number of carbonyl (C=O) groups is 1. The van der Waals surface area contributed by atoms with Gasteiger partial charge in [0, 0.05) is 31.6 Å². The predicted molar refractivity (Wildman–Crippen MR) is 75.5 cm³/mol. The molecule has 0 aromatic heterocycles. The Morgan fingerprint density at radius 1 is 1.45 bits per heavy atom. The van der Waals surface area contributed by atoms with Crippen molar-refractivity contribution < 1.29 is 9.53 Å². The Morgan fingerprint density at radius 3 is 2.85 bits per heavy atom. The Balaban J connectivity index is 2.05. The fourth-order valence-corrected chi connectivity index (χ4v) is 2.65. The lowest BCUT2D eigenvalue weighted by molar-refractivity contribution is -0.145. The number of likely N-dealkylation sites (tertiary alicyclic amines) is 1. The Morgan fingerprint density at radius 2 is 2.20 bits per heavy atom. The number of ether oxygens (including phenoxy) is 1. The molecule has 0 radical (unpaired) electrons. The van der Waals surface area contributed by atoms with E-state index in [1.165, 1.54) is 18.7 Å². The second-order valence-corrected chi connectivity index (χ2v) is 4.96. The Hall–Kier alpha value is -2.12. The summed E-state index contributed by atoms with van der Waals surface area (Å²) >= 11 is 0. The minimum Gasteiger partial charge on any atom is -0.469 e. The molecular formula is C16H18N2O2. The standard InChI is InChI=1S/C16H18N2O2/c1-20-16(19)15-12-18(11-14(15)8-5-9-17)10-13-6-3-2-4-7-13/h2-8,14-15H,10-12H2,1H3/b8-5+. The van der Waals surface area contributed by atoms with Gasteiger partial charge in [-0.3, -0.25) is 9.69 Å². The molecule has 1 aromatic rings. The van der Waals surface area contributed by atoms with E-state index in [0.717, 1.165) is 13.1 Å². The minimum absolute atomic E-state index is 0.0470. The molecule has 0 N–H and O–H groups in total. The first-order chi connectivity index (χ1) is 9.74. The van der Waals surface area contributed by atoms with Gasteiger partial charge >= 0.3 is 5.97 Å². The number of methoxy groups -OCH3 is 1. The fourth-order valence-electron chi connectivity index (χ4n) is 2.65. The lowest BCUT2D eigenvalue weighted by atomic mass is 9.96. The second kappa shape index (κ2) is 6.88. The van der Waals surface area contributed by atoms with Crippen LogP contribution in [-0.2, 0) is 16.1 Å². The van der Waals surface area contributed by atoms with Gasteiger partial charge in [0.05, 0.1) is 19.1 Å². The molecule has 1 aliphatic heterocycles. The summed E-state index contributed by atoms with van der Waals surface area (Å²) in [6.45, 7) is 2.25. The van der Waals surface area contributed by atoms with Gasteiger partial charge in [-0.2, -0.15) is 5.26 Å². The van der Waals surface area contributed by atoms with Gasteiger partial charge in [0.1, 0.15) is 0 Å². The maximum atomic E-state index is 11.8. The molecule has 1 aromatic carbocycles. The zero-order valence-corrected chi connectivity index (χ0v) is 11.5. The Kier molecular flexibility index (Phi) is 4.91. The van der Waals surface area contributed by atoms with Crippen molar-refractivity contribution in [2.24, 2.45) is 11.8 Å². The molecule has 4 heteroatoms. The van der Waals surface area contributed by atoms with Crippen molar-refractivity contribution in [1.82, 2.24) is 4.90 Å². The number of allylic oxidation sites excluding steroid dienone is 1. The van der Waals surface area contributed by atoms with Gasteiger partial charge in [-0.05, 0) is 5.56 Å². The van der Waals surface area contributed by atoms with Gasteiger partial charge in [-0.1, -0.05) is 36.4 Å². The third-order valence-corrected chi connectivity index (χ3v) is 3.61. The second-order valence-electron chi connectivity index (χ2n) is 4.96. The van der Waals surface area contributed by atoms with Gasteiger partial charge in [0.25, 0.3) is 0 Å². The van der Waals surface area contributed by atoms with E-state index in [0.29, 0.717) is 6.54 Å². The number of hydrogen-bond acceptors (Lipinski definition) is 4. The maximum Gasteiger partial charge on any atom is 0.310 e. The van der Waals surface area contributed by atoms with E-state index >= 15 is 0 Å². The summed E-state index contributed by atoms with van der Waals surface area (Å²) in [6, 6.07) is 12.1. The van der Waals surface area contributed by atoms with Crippen LogP contribution in [0.4, 0.5) is 0 Å². The van der Waals surface area contributed by atoms with Crippen LogP contribution in [0.5, 0.6) is 0 Å². The van der Waals surface area contributed by atoms with Gasteiger partial charge < -0.3 is 4.74 Å². The first-order valence-corrected chi connectivity index (χ1v) is 6.65. The highest BCUT2D eigenvalue weighted by Gasteiger charge is 2.36. The molecule has 2 unspecified atom stereocenters. The van der Waals surface area contributed by atoms with Crippen LogP contribution in [0.25, 0.3) is 0 Å². The lowest BCUT2D eigenvalue weighted by Crippen LogP contribution is -2.24. The number of rotatable bonds is 4. The lowest BCUT2D eigenvalue weighted by Gasteiger charge is -2.15. The van der Waals surface area contributed by atoms with Crippen LogP contribution in [0, 0.1) is 23.2 Å². The largest absolute Gasteiger partial charge is 0.469 e. The van der Waals surface area contributed by atoms with Crippen molar-refractivity contribution >= 4 is 5.97 Å². The van der Waals surface area contributed by atoms with Crippen molar-refractivity contribution in [3.05, 3.63) is 48.0 Å². The third-order valence-electron chi connectivity index (χ3n) is 3.61. The summed E-state index contributed by atoms with van der Waals surface area (Å²) in [5, 5.41) is 8.64. The molecule has 1 aliphatic rings. The monoisotopic (exact) mass is 270 g/mol. The number of benzene rings is 1. The average Bonchev–Trinajstić information content (AvgIpc) is 2.88. The van der Waals surface area contributed by atoms with E-state index < -0.39 is 0 Å². The van der Waals surface area contributed by atoms with E-state index in [9.17, 15) is 4.79 Å². The predicted octanol–water partition coefficient (Wildman–Crippen LogP) is 1.99. The molecule has 4 nitrogen and oxygen atoms in total. The van der Waals surface area contributed by atoms with Crippen LogP contribution in [0.15, 0.2) is 42.5 Å². The molecule has 0 spiro atoms. The van der Waals surface area contributed by atoms with Crippen LogP contribution < -0.4 is 0 Å². The molecule has 2 atom stereocenters. The highest BCUT2D eigenvalue weighted by Crippen LogP contribution is 2.27. The smallest absolute Gasteiger partial charge is 0.310 e. The van der Waals surface area contributed by atoms with Crippen LogP contribution >= 0.6 is 0 Å². The van der Waals surface area contributed by atoms with Gasteiger partial charge in [-0.25, -0.2) is 0 Å². The van der Waals surface area contributed by atoms with E-state index in [4.69, 9.17) is 10.00 Å². The van der Waals surface area contributed by atoms with Crippen molar-refractivity contribution in [3.63, 3.8) is 0 Å². The SMILES string of the molecule is COC(=O)C1CN(Cc2ccccc2)CC1/C=C/C#N. The molecule has 1 fully saturated rings. The van der Waals surface area contributed by atoms with Crippen molar-refractivity contribution in [1.29, 1.82) is 5.26 Å². The molecule has 0 saturated carbocycles. The first kappa shape index (κ1) is 14.3. The quantitative estimate of drug-likeness (QED) is 0.620. The first-order valence-electron chi connectivity index (χ1n) is 6.65. The van der Waals surface area contributed by atoms with Crippen LogP contribution in [-0.4, -0.2) is 31.1 Å². The third kappa shape index (κ3) is 3.46. The molecule has 20 heavy (non-hydrogen) atoms. The van der Waals surface area contributed by atoms with Crippen molar-refractivity contribution in [3.8, 4) is 6.07 Å². The summed E-state index contributed by atoms with van der Waals surface area (Å²) in [5.41, 5.74) is 1.22. The Labute approximate surface area is 119 Å². The highest BCUT2D eigenvalue weighted by molar-refractivity contribution is 5.73. The summed E-state index contributed by atoms with van der Waals surface area (Å²) in [4.78, 5) is 14.0. The molecule has 1 heterocycles. The summed E-state index contributed by atoms with van der Waals surface area (Å²) in [6.07, 6.45) is 3.26. The summed E-state index contributed by atoms with van der Waals surface area (Å²) < 4.78 is 4.86. The molecule has 0 bridgehead atoms. The number of nitrogens with zero attached hydrogens (tertiary/aromatic N) is 2. The maximum absolute atomic E-state index is 11.8. The zero-order chi connectivity index (χ0) is 14.4. The summed E-state index contributed by atoms with van der Waals surface area (Å²) in [7, 11) is 1.41. The van der Waals surface area contributed by atoms with Crippen molar-refractivity contribution in [2.45, 2.75) is 6.54 Å². The van der Waals surface area contributed by atoms with Gasteiger partial charge in [0.15, 0.2) is 0 Å². The highest BCUT2D eigenvalue weighted by atomic mass is 16.5. The summed E-state index contributed by atoms with van der Waals surface area (Å²) in [5.74, 6) is -0.340. The number of nitriles is 1. The van der Waals surface area contributed by atoms with E-state index in [1.807, 2.05) is 30.3 Å². The number of hydrogen-bond donors (Lipinski definition) is 0. The van der Waals surface area contributed by atoms with Crippen LogP contribution in [0.2, 0.25) is 0 Å². The van der Waals surface area contributed by atoms with Crippen LogP contribution in [0.3, 0.4) is 0 Å². The molecule has 2 rings (SSSR count). The topological polar surface area (TPSA) is 53.3 Å². The minimum atomic E-state index is -0.201. The molecule has 0 amide bonds. The van der Waals surface area contributed by atoms with E-state index in [1.54, 1.807) is 0 Å². The number of carbonyl (C=O) groups excluding carboxylic acids is 1. The number of esters is 1. The van der Waals surface area contributed by atoms with Crippen molar-refractivity contribution in [2.75, 3.05) is 20.2 Å². The molecule has 1 saturated heterocycles. The molecule has 0 aliphatic carbocycles. The zero-order valence-electron chi connectivity index (χ0n) is 11.5. The van der Waals surface area contributed by atoms with Gasteiger partial charge in [0.2, 0.25) is 0 Å². The fraction of sp³-hybridized carbons (Fsp3) is 0.375. The Bertz CT molecular complexity index is 519. The van der Waals surface area contributed by atoms with E-state index in [-0.39, 0.29) is 17.8 Å². The van der Waals surface area contributed by atoms with E-state index in [2.05, 4.69) is 17.0 Å². The van der Waals surface area contributed by atoms with Gasteiger partial charge in [-0.15, -0.1) is 0 Å². The normalized spacial score (nSPS) is 22.8.